The number of amides is 1. The summed E-state index contributed by atoms with van der Waals surface area (Å²) in [5.41, 5.74) is 2.00. The Morgan fingerprint density at radius 1 is 1.19 bits per heavy atom. The summed E-state index contributed by atoms with van der Waals surface area (Å²) in [5, 5.41) is 3.75. The second-order valence-electron chi connectivity index (χ2n) is 7.31. The fourth-order valence-electron chi connectivity index (χ4n) is 3.19. The maximum Gasteiger partial charge on any atom is 0.416 e. The van der Waals surface area contributed by atoms with E-state index in [0.717, 1.165) is 28.7 Å². The Balaban J connectivity index is 1.39. The number of halogens is 3. The van der Waals surface area contributed by atoms with Gasteiger partial charge in [0.1, 0.15) is 18.2 Å². The molecule has 10 heteroatoms. The summed E-state index contributed by atoms with van der Waals surface area (Å²) in [6.45, 7) is 2.02. The summed E-state index contributed by atoms with van der Waals surface area (Å²) in [5.74, 6) is 0.470. The van der Waals surface area contributed by atoms with Crippen molar-refractivity contribution >= 4 is 16.9 Å². The second-order valence-corrected chi connectivity index (χ2v) is 7.31. The highest BCUT2D eigenvalue weighted by atomic mass is 19.4. The van der Waals surface area contributed by atoms with E-state index in [1.165, 1.54) is 23.1 Å². The number of aromatic nitrogens is 3. The van der Waals surface area contributed by atoms with Crippen LogP contribution in [0.25, 0.3) is 11.0 Å². The van der Waals surface area contributed by atoms with E-state index >= 15 is 0 Å². The minimum Gasteiger partial charge on any atom is -0.486 e. The number of alkyl halides is 3. The van der Waals surface area contributed by atoms with Crippen molar-refractivity contribution in [1.82, 2.24) is 20.0 Å². The van der Waals surface area contributed by atoms with Crippen LogP contribution in [0.4, 0.5) is 13.2 Å². The third kappa shape index (κ3) is 4.58. The molecule has 0 aliphatic carbocycles. The SMILES string of the molecule is Cc1cccc2[nH]c(CN(C)C(=O)c3cc(COc4cccc(C(F)(F)F)c4)on3)nc12. The lowest BCUT2D eigenvalue weighted by Crippen LogP contribution is -2.27. The smallest absolute Gasteiger partial charge is 0.416 e. The lowest BCUT2D eigenvalue weighted by atomic mass is 10.2. The van der Waals surface area contributed by atoms with Crippen molar-refractivity contribution in [2.45, 2.75) is 26.3 Å². The van der Waals surface area contributed by atoms with Crippen LogP contribution < -0.4 is 4.74 Å². The van der Waals surface area contributed by atoms with Gasteiger partial charge < -0.3 is 19.1 Å². The quantitative estimate of drug-likeness (QED) is 0.465. The van der Waals surface area contributed by atoms with E-state index in [-0.39, 0.29) is 30.4 Å². The maximum absolute atomic E-state index is 12.8. The average Bonchev–Trinajstić information content (AvgIpc) is 3.39. The predicted molar refractivity (Wildman–Crippen MR) is 109 cm³/mol. The molecule has 166 valence electrons. The number of carbonyl (C=O) groups excluding carboxylic acids is 1. The maximum atomic E-state index is 12.8. The van der Waals surface area contributed by atoms with Gasteiger partial charge in [-0.2, -0.15) is 13.2 Å². The zero-order valence-corrected chi connectivity index (χ0v) is 17.2. The summed E-state index contributed by atoms with van der Waals surface area (Å²) < 4.78 is 48.9. The van der Waals surface area contributed by atoms with Crippen LogP contribution in [0.5, 0.6) is 5.75 Å². The van der Waals surface area contributed by atoms with Gasteiger partial charge in [-0.15, -0.1) is 0 Å². The average molecular weight is 444 g/mol. The second kappa shape index (κ2) is 8.37. The molecule has 0 bridgehead atoms. The fourth-order valence-corrected chi connectivity index (χ4v) is 3.19. The van der Waals surface area contributed by atoms with Gasteiger partial charge in [-0.3, -0.25) is 4.79 Å². The first-order valence-corrected chi connectivity index (χ1v) is 9.66. The van der Waals surface area contributed by atoms with E-state index in [1.807, 2.05) is 25.1 Å². The number of hydrogen-bond acceptors (Lipinski definition) is 5. The molecule has 2 aromatic carbocycles. The first-order chi connectivity index (χ1) is 15.2. The number of aromatic amines is 1. The van der Waals surface area contributed by atoms with Crippen LogP contribution in [0.1, 0.15) is 33.2 Å². The molecule has 0 saturated carbocycles. The topological polar surface area (TPSA) is 84.2 Å². The summed E-state index contributed by atoms with van der Waals surface area (Å²) >= 11 is 0. The molecule has 0 saturated heterocycles. The largest absolute Gasteiger partial charge is 0.486 e. The van der Waals surface area contributed by atoms with Crippen LogP contribution in [0.3, 0.4) is 0 Å². The van der Waals surface area contributed by atoms with Gasteiger partial charge in [0.2, 0.25) is 0 Å². The number of carbonyl (C=O) groups is 1. The molecule has 0 unspecified atom stereocenters. The normalized spacial score (nSPS) is 11.7. The van der Waals surface area contributed by atoms with E-state index in [0.29, 0.717) is 5.82 Å². The first kappa shape index (κ1) is 21.4. The van der Waals surface area contributed by atoms with Gasteiger partial charge in [0.15, 0.2) is 11.5 Å². The van der Waals surface area contributed by atoms with Crippen molar-refractivity contribution < 1.29 is 27.2 Å². The molecular formula is C22H19F3N4O3. The number of nitrogens with zero attached hydrogens (tertiary/aromatic N) is 3. The Kier molecular flexibility index (Phi) is 5.60. The molecule has 1 N–H and O–H groups in total. The number of H-pyrrole nitrogens is 1. The number of aryl methyl sites for hydroxylation is 1. The van der Waals surface area contributed by atoms with Crippen LogP contribution in [-0.2, 0) is 19.3 Å². The summed E-state index contributed by atoms with van der Waals surface area (Å²) in [6.07, 6.45) is -4.46. The molecule has 0 spiro atoms. The minimum atomic E-state index is -4.46. The van der Waals surface area contributed by atoms with Gasteiger partial charge in [0.25, 0.3) is 5.91 Å². The Bertz CT molecular complexity index is 1260. The zero-order valence-electron chi connectivity index (χ0n) is 17.2. The van der Waals surface area contributed by atoms with Gasteiger partial charge in [-0.05, 0) is 36.8 Å². The van der Waals surface area contributed by atoms with E-state index in [4.69, 9.17) is 9.26 Å². The monoisotopic (exact) mass is 444 g/mol. The van der Waals surface area contributed by atoms with Crippen molar-refractivity contribution in [3.63, 3.8) is 0 Å². The lowest BCUT2D eigenvalue weighted by molar-refractivity contribution is -0.137. The molecule has 4 aromatic rings. The Morgan fingerprint density at radius 2 is 1.97 bits per heavy atom. The minimum absolute atomic E-state index is 0.0291. The molecule has 1 amide bonds. The highest BCUT2D eigenvalue weighted by Gasteiger charge is 2.30. The number of imidazole rings is 1. The fraction of sp³-hybridized carbons (Fsp3) is 0.227. The molecule has 4 rings (SSSR count). The predicted octanol–water partition coefficient (Wildman–Crippen LogP) is 4.73. The molecule has 2 heterocycles. The number of ether oxygens (including phenoxy) is 1. The Labute approximate surface area is 180 Å². The standard InChI is InChI=1S/C22H19F3N4O3/c1-13-5-3-8-17-20(13)27-19(26-17)11-29(2)21(30)18-10-16(32-28-18)12-31-15-7-4-6-14(9-15)22(23,24)25/h3-10H,11-12H2,1-2H3,(H,26,27). The third-order valence-electron chi connectivity index (χ3n) is 4.82. The van der Waals surface area contributed by atoms with E-state index in [2.05, 4.69) is 15.1 Å². The van der Waals surface area contributed by atoms with Crippen LogP contribution >= 0.6 is 0 Å². The van der Waals surface area contributed by atoms with Crippen LogP contribution in [-0.4, -0.2) is 33.0 Å². The number of benzene rings is 2. The molecule has 0 aliphatic rings. The number of nitrogens with one attached hydrogen (secondary N) is 1. The molecule has 0 aliphatic heterocycles. The summed E-state index contributed by atoms with van der Waals surface area (Å²) in [4.78, 5) is 21.8. The number of para-hydroxylation sites is 1. The molecular weight excluding hydrogens is 425 g/mol. The van der Waals surface area contributed by atoms with Crippen molar-refractivity contribution in [2.75, 3.05) is 7.05 Å². The molecule has 0 atom stereocenters. The van der Waals surface area contributed by atoms with Crippen LogP contribution in [0.15, 0.2) is 53.1 Å². The zero-order chi connectivity index (χ0) is 22.9. The molecule has 2 aromatic heterocycles. The van der Waals surface area contributed by atoms with Gasteiger partial charge in [-0.25, -0.2) is 4.98 Å². The van der Waals surface area contributed by atoms with Gasteiger partial charge in [0.05, 0.1) is 23.1 Å². The molecule has 32 heavy (non-hydrogen) atoms. The summed E-state index contributed by atoms with van der Waals surface area (Å²) in [7, 11) is 1.61. The Hall–Kier alpha value is -3.82. The lowest BCUT2D eigenvalue weighted by Gasteiger charge is -2.13. The highest BCUT2D eigenvalue weighted by molar-refractivity contribution is 5.92. The van der Waals surface area contributed by atoms with E-state index in [9.17, 15) is 18.0 Å². The molecule has 0 fully saturated rings. The van der Waals surface area contributed by atoms with E-state index < -0.39 is 17.6 Å². The number of hydrogen-bond donors (Lipinski definition) is 1. The number of fused-ring (bicyclic) bond motifs is 1. The molecule has 0 radical (unpaired) electrons. The first-order valence-electron chi connectivity index (χ1n) is 9.66. The van der Waals surface area contributed by atoms with Crippen molar-refractivity contribution in [2.24, 2.45) is 0 Å². The summed E-state index contributed by atoms with van der Waals surface area (Å²) in [6, 6.07) is 11.7. The van der Waals surface area contributed by atoms with Gasteiger partial charge in [-0.1, -0.05) is 23.4 Å². The van der Waals surface area contributed by atoms with Gasteiger partial charge in [0, 0.05) is 13.1 Å². The van der Waals surface area contributed by atoms with Crippen LogP contribution in [0, 0.1) is 6.92 Å². The molecule has 7 nitrogen and oxygen atoms in total. The van der Waals surface area contributed by atoms with Crippen molar-refractivity contribution in [3.05, 3.63) is 76.9 Å². The van der Waals surface area contributed by atoms with E-state index in [1.54, 1.807) is 7.05 Å². The number of rotatable bonds is 6. The van der Waals surface area contributed by atoms with Crippen molar-refractivity contribution in [3.8, 4) is 5.75 Å². The Morgan fingerprint density at radius 3 is 2.72 bits per heavy atom. The third-order valence-corrected chi connectivity index (χ3v) is 4.82. The highest BCUT2D eigenvalue weighted by Crippen LogP contribution is 2.31. The van der Waals surface area contributed by atoms with Crippen LogP contribution in [0.2, 0.25) is 0 Å². The van der Waals surface area contributed by atoms with Gasteiger partial charge >= 0.3 is 6.18 Å². The van der Waals surface area contributed by atoms with Crippen molar-refractivity contribution in [1.29, 1.82) is 0 Å².